The highest BCUT2D eigenvalue weighted by Gasteiger charge is 2.35. The molecule has 6 aromatic rings. The van der Waals surface area contributed by atoms with Gasteiger partial charge in [0.15, 0.2) is 0 Å². The third-order valence-electron chi connectivity index (χ3n) is 7.47. The molecule has 1 aromatic heterocycles. The highest BCUT2D eigenvalue weighted by molar-refractivity contribution is 6.05. The molecule has 1 heterocycles. The summed E-state index contributed by atoms with van der Waals surface area (Å²) in [5.41, 5.74) is 11.8. The second-order valence-corrected chi connectivity index (χ2v) is 9.94. The summed E-state index contributed by atoms with van der Waals surface area (Å²) in [4.78, 5) is 0. The first-order valence-electron chi connectivity index (χ1n) is 12.1. The summed E-state index contributed by atoms with van der Waals surface area (Å²) in [5.74, 6) is 0. The number of para-hydroxylation sites is 1. The number of rotatable bonds is 3. The van der Waals surface area contributed by atoms with Crippen molar-refractivity contribution in [3.05, 3.63) is 120 Å². The molecule has 0 fully saturated rings. The zero-order chi connectivity index (χ0) is 23.6. The van der Waals surface area contributed by atoms with Crippen LogP contribution < -0.4 is 5.32 Å². The third kappa shape index (κ3) is 3.10. The molecule has 0 aliphatic heterocycles. The molecule has 0 saturated heterocycles. The molecule has 1 N–H and O–H groups in total. The van der Waals surface area contributed by atoms with Crippen molar-refractivity contribution in [1.29, 1.82) is 0 Å². The summed E-state index contributed by atoms with van der Waals surface area (Å²) >= 11 is 0. The number of fused-ring (bicyclic) bond motifs is 6. The second kappa shape index (κ2) is 7.35. The molecule has 2 heteroatoms. The van der Waals surface area contributed by atoms with Gasteiger partial charge in [-0.1, -0.05) is 80.6 Å². The van der Waals surface area contributed by atoms with Gasteiger partial charge >= 0.3 is 0 Å². The fourth-order valence-corrected chi connectivity index (χ4v) is 5.60. The Morgan fingerprint density at radius 1 is 0.543 bits per heavy atom. The number of nitrogens with one attached hydrogen (secondary N) is 1. The molecule has 0 unspecified atom stereocenters. The summed E-state index contributed by atoms with van der Waals surface area (Å²) in [6, 6.07) is 38.8. The molecular formula is C33H25NO. The van der Waals surface area contributed by atoms with Gasteiger partial charge < -0.3 is 9.73 Å². The molecule has 168 valence electrons. The van der Waals surface area contributed by atoms with Gasteiger partial charge in [0.05, 0.1) is 0 Å². The fraction of sp³-hybridized carbons (Fsp3) is 0.0909. The van der Waals surface area contributed by atoms with E-state index in [1.807, 2.05) is 12.1 Å². The summed E-state index contributed by atoms with van der Waals surface area (Å²) in [6.07, 6.45) is 0. The molecule has 0 spiro atoms. The number of hydrogen-bond acceptors (Lipinski definition) is 2. The van der Waals surface area contributed by atoms with E-state index in [0.717, 1.165) is 38.9 Å². The molecule has 35 heavy (non-hydrogen) atoms. The Bertz CT molecular complexity index is 1740. The van der Waals surface area contributed by atoms with Crippen LogP contribution in [0, 0.1) is 0 Å². The minimum absolute atomic E-state index is 0.00275. The van der Waals surface area contributed by atoms with E-state index in [0.29, 0.717) is 0 Å². The van der Waals surface area contributed by atoms with Crippen LogP contribution >= 0.6 is 0 Å². The lowest BCUT2D eigenvalue weighted by molar-refractivity contribution is 0.660. The smallest absolute Gasteiger partial charge is 0.136 e. The van der Waals surface area contributed by atoms with Crippen molar-refractivity contribution in [3.8, 4) is 22.3 Å². The van der Waals surface area contributed by atoms with Crippen molar-refractivity contribution in [2.75, 3.05) is 5.32 Å². The topological polar surface area (TPSA) is 25.2 Å². The zero-order valence-corrected chi connectivity index (χ0v) is 19.8. The first kappa shape index (κ1) is 20.1. The molecule has 0 atom stereocenters. The SMILES string of the molecule is CC1(C)c2ccccc2-c2ccc(Nc3ccc(-c4ccc5c(c4)oc4ccccc45)cc3)cc21. The van der Waals surface area contributed by atoms with Gasteiger partial charge in [-0.05, 0) is 75.8 Å². The van der Waals surface area contributed by atoms with Crippen LogP contribution in [-0.2, 0) is 5.41 Å². The van der Waals surface area contributed by atoms with Crippen molar-refractivity contribution in [1.82, 2.24) is 0 Å². The molecule has 0 saturated carbocycles. The maximum atomic E-state index is 6.08. The molecule has 0 bridgehead atoms. The van der Waals surface area contributed by atoms with E-state index in [9.17, 15) is 0 Å². The molecule has 5 aromatic carbocycles. The van der Waals surface area contributed by atoms with E-state index in [-0.39, 0.29) is 5.41 Å². The van der Waals surface area contributed by atoms with Crippen LogP contribution in [0.25, 0.3) is 44.2 Å². The van der Waals surface area contributed by atoms with E-state index >= 15 is 0 Å². The largest absolute Gasteiger partial charge is 0.456 e. The van der Waals surface area contributed by atoms with Gasteiger partial charge in [0.2, 0.25) is 0 Å². The molecular weight excluding hydrogens is 426 g/mol. The van der Waals surface area contributed by atoms with Crippen LogP contribution in [0.15, 0.2) is 114 Å². The minimum Gasteiger partial charge on any atom is -0.456 e. The van der Waals surface area contributed by atoms with Crippen molar-refractivity contribution in [2.24, 2.45) is 0 Å². The quantitative estimate of drug-likeness (QED) is 0.290. The highest BCUT2D eigenvalue weighted by Crippen LogP contribution is 2.49. The van der Waals surface area contributed by atoms with Crippen LogP contribution in [0.3, 0.4) is 0 Å². The molecule has 0 amide bonds. The average molecular weight is 452 g/mol. The fourth-order valence-electron chi connectivity index (χ4n) is 5.60. The Kier molecular flexibility index (Phi) is 4.22. The lowest BCUT2D eigenvalue weighted by Gasteiger charge is -2.22. The van der Waals surface area contributed by atoms with Crippen LogP contribution in [0.1, 0.15) is 25.0 Å². The van der Waals surface area contributed by atoms with E-state index in [2.05, 4.69) is 116 Å². The van der Waals surface area contributed by atoms with E-state index in [1.54, 1.807) is 0 Å². The highest BCUT2D eigenvalue weighted by atomic mass is 16.3. The van der Waals surface area contributed by atoms with Gasteiger partial charge in [-0.15, -0.1) is 0 Å². The molecule has 1 aliphatic carbocycles. The first-order valence-corrected chi connectivity index (χ1v) is 12.1. The van der Waals surface area contributed by atoms with Gasteiger partial charge in [0.1, 0.15) is 11.2 Å². The van der Waals surface area contributed by atoms with Crippen LogP contribution in [0.2, 0.25) is 0 Å². The molecule has 1 aliphatic rings. The lowest BCUT2D eigenvalue weighted by atomic mass is 9.82. The number of hydrogen-bond donors (Lipinski definition) is 1. The van der Waals surface area contributed by atoms with Crippen molar-refractivity contribution in [2.45, 2.75) is 19.3 Å². The summed E-state index contributed by atoms with van der Waals surface area (Å²) in [6.45, 7) is 4.63. The molecule has 0 radical (unpaired) electrons. The van der Waals surface area contributed by atoms with Crippen LogP contribution in [-0.4, -0.2) is 0 Å². The average Bonchev–Trinajstić information content (AvgIpc) is 3.37. The van der Waals surface area contributed by atoms with Crippen LogP contribution in [0.4, 0.5) is 11.4 Å². The number of anilines is 2. The Hall–Kier alpha value is -4.30. The number of benzene rings is 5. The standard InChI is InChI=1S/C33H25NO/c1-33(2)29-9-5-3-7-25(29)26-18-16-24(20-30(26)33)34-23-14-11-21(12-15-23)22-13-17-28-27-8-4-6-10-31(27)35-32(28)19-22/h3-20,34H,1-2H3. The maximum absolute atomic E-state index is 6.08. The van der Waals surface area contributed by atoms with Crippen molar-refractivity contribution < 1.29 is 4.42 Å². The first-order chi connectivity index (χ1) is 17.1. The lowest BCUT2D eigenvalue weighted by Crippen LogP contribution is -2.15. The minimum atomic E-state index is 0.00275. The van der Waals surface area contributed by atoms with Gasteiger partial charge in [-0.25, -0.2) is 0 Å². The third-order valence-corrected chi connectivity index (χ3v) is 7.47. The summed E-state index contributed by atoms with van der Waals surface area (Å²) in [5, 5.41) is 5.92. The van der Waals surface area contributed by atoms with E-state index < -0.39 is 0 Å². The Morgan fingerprint density at radius 2 is 1.23 bits per heavy atom. The predicted molar refractivity (Wildman–Crippen MR) is 146 cm³/mol. The van der Waals surface area contributed by atoms with E-state index in [4.69, 9.17) is 4.42 Å². The maximum Gasteiger partial charge on any atom is 0.136 e. The monoisotopic (exact) mass is 451 g/mol. The molecule has 7 rings (SSSR count). The normalized spacial score (nSPS) is 13.7. The van der Waals surface area contributed by atoms with Crippen molar-refractivity contribution in [3.63, 3.8) is 0 Å². The zero-order valence-electron chi connectivity index (χ0n) is 19.8. The van der Waals surface area contributed by atoms with Crippen molar-refractivity contribution >= 4 is 33.3 Å². The summed E-state index contributed by atoms with van der Waals surface area (Å²) < 4.78 is 6.08. The molecule has 2 nitrogen and oxygen atoms in total. The number of furan rings is 1. The Labute approximate surface area is 204 Å². The summed E-state index contributed by atoms with van der Waals surface area (Å²) in [7, 11) is 0. The van der Waals surface area contributed by atoms with E-state index in [1.165, 1.54) is 27.8 Å². The Balaban J connectivity index is 1.17. The Morgan fingerprint density at radius 3 is 2.11 bits per heavy atom. The second-order valence-electron chi connectivity index (χ2n) is 9.94. The van der Waals surface area contributed by atoms with Gasteiger partial charge in [-0.2, -0.15) is 0 Å². The van der Waals surface area contributed by atoms with Gasteiger partial charge in [-0.3, -0.25) is 0 Å². The van der Waals surface area contributed by atoms with Gasteiger partial charge in [0, 0.05) is 27.6 Å². The van der Waals surface area contributed by atoms with Crippen LogP contribution in [0.5, 0.6) is 0 Å². The predicted octanol–water partition coefficient (Wildman–Crippen LogP) is 9.30. The van der Waals surface area contributed by atoms with Gasteiger partial charge in [0.25, 0.3) is 0 Å².